The van der Waals surface area contributed by atoms with E-state index in [1.54, 1.807) is 7.05 Å². The number of nitrogen functional groups attached to an aromatic ring is 1. The number of nitrogens with zero attached hydrogens (tertiary/aromatic N) is 1. The van der Waals surface area contributed by atoms with E-state index in [0.29, 0.717) is 17.8 Å². The van der Waals surface area contributed by atoms with Crippen molar-refractivity contribution in [1.82, 2.24) is 4.57 Å². The van der Waals surface area contributed by atoms with Crippen LogP contribution in [-0.2, 0) is 13.6 Å². The summed E-state index contributed by atoms with van der Waals surface area (Å²) in [6, 6.07) is 13.3. The Morgan fingerprint density at radius 2 is 2.05 bits per heavy atom. The molecule has 0 aliphatic carbocycles. The quantitative estimate of drug-likeness (QED) is 0.716. The molecule has 0 amide bonds. The zero-order valence-electron chi connectivity index (χ0n) is 11.1. The maximum absolute atomic E-state index is 11.4. The van der Waals surface area contributed by atoms with Gasteiger partial charge >= 0.3 is 5.76 Å². The first-order valence-corrected chi connectivity index (χ1v) is 6.32. The molecule has 0 unspecified atom stereocenters. The van der Waals surface area contributed by atoms with Crippen LogP contribution in [0.2, 0.25) is 0 Å². The second-order valence-corrected chi connectivity index (χ2v) is 4.67. The first kappa shape index (κ1) is 12.3. The molecule has 0 aliphatic heterocycles. The first-order chi connectivity index (χ1) is 9.65. The Hall–Kier alpha value is -2.69. The van der Waals surface area contributed by atoms with Crippen molar-refractivity contribution in [3.05, 3.63) is 58.6 Å². The van der Waals surface area contributed by atoms with Crippen molar-refractivity contribution in [1.29, 1.82) is 0 Å². The lowest BCUT2D eigenvalue weighted by molar-refractivity contribution is 0.528. The van der Waals surface area contributed by atoms with Crippen LogP contribution in [0.15, 0.2) is 51.7 Å². The molecule has 0 fully saturated rings. The number of para-hydroxylation sites is 2. The molecule has 3 rings (SSSR count). The number of fused-ring (bicyclic) bond motifs is 1. The topological polar surface area (TPSA) is 73.2 Å². The minimum Gasteiger partial charge on any atom is -0.408 e. The van der Waals surface area contributed by atoms with Gasteiger partial charge in [0.15, 0.2) is 5.58 Å². The molecule has 0 aliphatic rings. The van der Waals surface area contributed by atoms with Crippen LogP contribution >= 0.6 is 0 Å². The third-order valence-corrected chi connectivity index (χ3v) is 3.30. The lowest BCUT2D eigenvalue weighted by atomic mass is 10.2. The molecule has 0 bridgehead atoms. The lowest BCUT2D eigenvalue weighted by Crippen LogP contribution is -2.08. The van der Waals surface area contributed by atoms with Crippen LogP contribution in [0.25, 0.3) is 11.1 Å². The number of aryl methyl sites for hydroxylation is 1. The van der Waals surface area contributed by atoms with E-state index in [4.69, 9.17) is 10.2 Å². The molecular weight excluding hydrogens is 254 g/mol. The number of nitrogens with two attached hydrogens (primary N) is 1. The summed E-state index contributed by atoms with van der Waals surface area (Å²) < 4.78 is 6.66. The van der Waals surface area contributed by atoms with E-state index < -0.39 is 0 Å². The standard InChI is InChI=1S/C15H15N3O2/c1-18-13-7-6-10(8-14(13)20-15(18)19)9-17-12-5-3-2-4-11(12)16/h2-8,17H,9,16H2,1H3. The van der Waals surface area contributed by atoms with E-state index in [2.05, 4.69) is 5.32 Å². The fraction of sp³-hybridized carbons (Fsp3) is 0.133. The summed E-state index contributed by atoms with van der Waals surface area (Å²) >= 11 is 0. The number of hydrogen-bond acceptors (Lipinski definition) is 4. The third-order valence-electron chi connectivity index (χ3n) is 3.30. The van der Waals surface area contributed by atoms with Gasteiger partial charge in [0, 0.05) is 13.6 Å². The normalized spacial score (nSPS) is 10.8. The Labute approximate surface area is 115 Å². The van der Waals surface area contributed by atoms with E-state index in [-0.39, 0.29) is 5.76 Å². The van der Waals surface area contributed by atoms with Gasteiger partial charge in [0.1, 0.15) is 0 Å². The molecule has 20 heavy (non-hydrogen) atoms. The highest BCUT2D eigenvalue weighted by Gasteiger charge is 2.06. The Balaban J connectivity index is 1.85. The summed E-state index contributed by atoms with van der Waals surface area (Å²) in [4.78, 5) is 11.4. The zero-order valence-corrected chi connectivity index (χ0v) is 11.1. The minimum atomic E-state index is -0.350. The van der Waals surface area contributed by atoms with Gasteiger partial charge in [-0.1, -0.05) is 18.2 Å². The third kappa shape index (κ3) is 2.14. The highest BCUT2D eigenvalue weighted by molar-refractivity contribution is 5.74. The molecule has 0 atom stereocenters. The molecule has 0 saturated heterocycles. The van der Waals surface area contributed by atoms with Gasteiger partial charge in [-0.05, 0) is 29.8 Å². The minimum absolute atomic E-state index is 0.350. The van der Waals surface area contributed by atoms with Gasteiger partial charge in [-0.25, -0.2) is 4.79 Å². The molecule has 0 spiro atoms. The average Bonchev–Trinajstić information content (AvgIpc) is 2.73. The summed E-state index contributed by atoms with van der Waals surface area (Å²) in [5, 5.41) is 3.26. The summed E-state index contributed by atoms with van der Waals surface area (Å²) in [5.74, 6) is -0.350. The molecule has 0 radical (unpaired) electrons. The zero-order chi connectivity index (χ0) is 14.1. The van der Waals surface area contributed by atoms with E-state index in [9.17, 15) is 4.79 Å². The van der Waals surface area contributed by atoms with Gasteiger partial charge in [0.25, 0.3) is 0 Å². The van der Waals surface area contributed by atoms with Crippen molar-refractivity contribution in [3.8, 4) is 0 Å². The number of benzene rings is 2. The van der Waals surface area contributed by atoms with Crippen LogP contribution in [-0.4, -0.2) is 4.57 Å². The molecule has 0 saturated carbocycles. The Kier molecular flexibility index (Phi) is 2.95. The lowest BCUT2D eigenvalue weighted by Gasteiger charge is -2.08. The predicted molar refractivity (Wildman–Crippen MR) is 79.6 cm³/mol. The molecule has 2 aromatic carbocycles. The number of oxazole rings is 1. The summed E-state index contributed by atoms with van der Waals surface area (Å²) in [5.41, 5.74) is 9.88. The fourth-order valence-corrected chi connectivity index (χ4v) is 2.14. The van der Waals surface area contributed by atoms with Crippen LogP contribution in [0.3, 0.4) is 0 Å². The van der Waals surface area contributed by atoms with Crippen LogP contribution < -0.4 is 16.8 Å². The van der Waals surface area contributed by atoms with Crippen LogP contribution in [0.4, 0.5) is 11.4 Å². The summed E-state index contributed by atoms with van der Waals surface area (Å²) in [7, 11) is 1.69. The Bertz CT molecular complexity index is 817. The maximum Gasteiger partial charge on any atom is 0.419 e. The molecule has 5 heteroatoms. The summed E-state index contributed by atoms with van der Waals surface area (Å²) in [6.07, 6.45) is 0. The number of rotatable bonds is 3. The summed E-state index contributed by atoms with van der Waals surface area (Å²) in [6.45, 7) is 0.614. The van der Waals surface area contributed by atoms with Crippen molar-refractivity contribution in [3.63, 3.8) is 0 Å². The van der Waals surface area contributed by atoms with E-state index >= 15 is 0 Å². The molecular formula is C15H15N3O2. The van der Waals surface area contributed by atoms with Gasteiger partial charge in [-0.15, -0.1) is 0 Å². The number of aromatic nitrogens is 1. The van der Waals surface area contributed by atoms with Crippen molar-refractivity contribution >= 4 is 22.5 Å². The maximum atomic E-state index is 11.4. The molecule has 102 valence electrons. The van der Waals surface area contributed by atoms with E-state index in [1.807, 2.05) is 42.5 Å². The highest BCUT2D eigenvalue weighted by atomic mass is 16.4. The Morgan fingerprint density at radius 3 is 2.85 bits per heavy atom. The Morgan fingerprint density at radius 1 is 1.25 bits per heavy atom. The SMILES string of the molecule is Cn1c(=O)oc2cc(CNc3ccccc3N)ccc21. The first-order valence-electron chi connectivity index (χ1n) is 6.32. The number of nitrogens with one attached hydrogen (secondary N) is 1. The van der Waals surface area contributed by atoms with Crippen molar-refractivity contribution in [2.75, 3.05) is 11.1 Å². The number of anilines is 2. The smallest absolute Gasteiger partial charge is 0.408 e. The average molecular weight is 269 g/mol. The monoisotopic (exact) mass is 269 g/mol. The predicted octanol–water partition coefficient (Wildman–Crippen LogP) is 2.33. The second kappa shape index (κ2) is 4.77. The van der Waals surface area contributed by atoms with Crippen molar-refractivity contribution in [2.45, 2.75) is 6.54 Å². The van der Waals surface area contributed by atoms with Gasteiger partial charge in [-0.2, -0.15) is 0 Å². The van der Waals surface area contributed by atoms with Crippen LogP contribution in [0.5, 0.6) is 0 Å². The van der Waals surface area contributed by atoms with Crippen LogP contribution in [0, 0.1) is 0 Å². The van der Waals surface area contributed by atoms with Gasteiger partial charge in [-0.3, -0.25) is 4.57 Å². The van der Waals surface area contributed by atoms with Crippen LogP contribution in [0.1, 0.15) is 5.56 Å². The van der Waals surface area contributed by atoms with Crippen molar-refractivity contribution < 1.29 is 4.42 Å². The fourth-order valence-electron chi connectivity index (χ4n) is 2.14. The van der Waals surface area contributed by atoms with E-state index in [0.717, 1.165) is 16.8 Å². The van der Waals surface area contributed by atoms with Gasteiger partial charge in [0.05, 0.1) is 16.9 Å². The van der Waals surface area contributed by atoms with Gasteiger partial charge in [0.2, 0.25) is 0 Å². The molecule has 5 nitrogen and oxygen atoms in total. The molecule has 1 aromatic heterocycles. The highest BCUT2D eigenvalue weighted by Crippen LogP contribution is 2.19. The largest absolute Gasteiger partial charge is 0.419 e. The molecule has 3 aromatic rings. The second-order valence-electron chi connectivity index (χ2n) is 4.67. The van der Waals surface area contributed by atoms with Gasteiger partial charge < -0.3 is 15.5 Å². The molecule has 1 heterocycles. The van der Waals surface area contributed by atoms with E-state index in [1.165, 1.54) is 4.57 Å². The van der Waals surface area contributed by atoms with Crippen molar-refractivity contribution in [2.24, 2.45) is 7.05 Å². The molecule has 3 N–H and O–H groups in total. The number of hydrogen-bond donors (Lipinski definition) is 2.